The lowest BCUT2D eigenvalue weighted by molar-refractivity contribution is 0.0472. The molecule has 29 heavy (non-hydrogen) atoms. The average Bonchev–Trinajstić information content (AvgIpc) is 2.73. The molecule has 0 fully saturated rings. The topological polar surface area (TPSA) is 52.6 Å². The quantitative estimate of drug-likeness (QED) is 0.424. The van der Waals surface area contributed by atoms with Crippen molar-refractivity contribution < 1.29 is 19.1 Å². The van der Waals surface area contributed by atoms with Crippen LogP contribution < -0.4 is 4.74 Å². The maximum Gasteiger partial charge on any atom is 0.343 e. The number of rotatable bonds is 5. The van der Waals surface area contributed by atoms with Crippen LogP contribution in [0.2, 0.25) is 0 Å². The lowest BCUT2D eigenvalue weighted by atomic mass is 9.87. The number of carbonyl (C=O) groups is 2. The van der Waals surface area contributed by atoms with Crippen molar-refractivity contribution in [3.8, 4) is 5.75 Å². The number of ether oxygens (including phenoxy) is 2. The van der Waals surface area contributed by atoms with Gasteiger partial charge in [-0.3, -0.25) is 0 Å². The lowest BCUT2D eigenvalue weighted by Crippen LogP contribution is -2.13. The van der Waals surface area contributed by atoms with Crippen LogP contribution in [0.4, 0.5) is 0 Å². The molecule has 0 amide bonds. The second-order valence-corrected chi connectivity index (χ2v) is 7.80. The molecule has 0 aliphatic heterocycles. The van der Waals surface area contributed by atoms with E-state index in [0.29, 0.717) is 16.9 Å². The van der Waals surface area contributed by atoms with Gasteiger partial charge in [-0.15, -0.1) is 0 Å². The first-order valence-corrected chi connectivity index (χ1v) is 9.47. The second kappa shape index (κ2) is 8.74. The molecule has 4 nitrogen and oxygen atoms in total. The number of benzene rings is 3. The van der Waals surface area contributed by atoms with Crippen LogP contribution in [0, 0.1) is 0 Å². The van der Waals surface area contributed by atoms with Crippen LogP contribution in [0.25, 0.3) is 0 Å². The van der Waals surface area contributed by atoms with Gasteiger partial charge in [0.05, 0.1) is 11.1 Å². The third-order valence-electron chi connectivity index (χ3n) is 4.50. The van der Waals surface area contributed by atoms with Gasteiger partial charge in [-0.05, 0) is 52.9 Å². The van der Waals surface area contributed by atoms with Crippen LogP contribution in [0.15, 0.2) is 78.9 Å². The van der Waals surface area contributed by atoms with Gasteiger partial charge in [-0.2, -0.15) is 0 Å². The Balaban J connectivity index is 1.58. The van der Waals surface area contributed by atoms with Crippen LogP contribution in [-0.2, 0) is 16.8 Å². The monoisotopic (exact) mass is 388 g/mol. The molecule has 0 unspecified atom stereocenters. The summed E-state index contributed by atoms with van der Waals surface area (Å²) in [6, 6.07) is 23.2. The molecular weight excluding hydrogens is 364 g/mol. The van der Waals surface area contributed by atoms with E-state index in [4.69, 9.17) is 9.47 Å². The summed E-state index contributed by atoms with van der Waals surface area (Å²) in [4.78, 5) is 24.5. The van der Waals surface area contributed by atoms with Crippen molar-refractivity contribution in [3.05, 3.63) is 101 Å². The van der Waals surface area contributed by atoms with E-state index in [-0.39, 0.29) is 12.0 Å². The van der Waals surface area contributed by atoms with Crippen molar-refractivity contribution in [2.45, 2.75) is 32.8 Å². The molecule has 148 valence electrons. The third-order valence-corrected chi connectivity index (χ3v) is 4.50. The van der Waals surface area contributed by atoms with Gasteiger partial charge >= 0.3 is 11.9 Å². The molecule has 3 rings (SSSR count). The first-order valence-electron chi connectivity index (χ1n) is 9.47. The zero-order chi connectivity index (χ0) is 20.9. The van der Waals surface area contributed by atoms with E-state index in [1.54, 1.807) is 36.4 Å². The van der Waals surface area contributed by atoms with Crippen molar-refractivity contribution in [1.82, 2.24) is 0 Å². The van der Waals surface area contributed by atoms with E-state index in [2.05, 4.69) is 20.8 Å². The molecule has 0 saturated heterocycles. The van der Waals surface area contributed by atoms with Gasteiger partial charge in [0, 0.05) is 0 Å². The molecule has 0 N–H and O–H groups in total. The number of carbonyl (C=O) groups excluding carboxylic acids is 2. The molecule has 0 saturated carbocycles. The number of hydrogen-bond donors (Lipinski definition) is 0. The Morgan fingerprint density at radius 3 is 1.86 bits per heavy atom. The third kappa shape index (κ3) is 5.55. The summed E-state index contributed by atoms with van der Waals surface area (Å²) in [6.07, 6.45) is 0. The molecule has 0 radical (unpaired) electrons. The van der Waals surface area contributed by atoms with Crippen LogP contribution in [0.1, 0.15) is 52.6 Å². The highest BCUT2D eigenvalue weighted by molar-refractivity contribution is 5.92. The first kappa shape index (κ1) is 20.3. The Morgan fingerprint density at radius 2 is 1.28 bits per heavy atom. The van der Waals surface area contributed by atoms with Crippen molar-refractivity contribution in [2.75, 3.05) is 0 Å². The Morgan fingerprint density at radius 1 is 0.724 bits per heavy atom. The van der Waals surface area contributed by atoms with Crippen LogP contribution >= 0.6 is 0 Å². The largest absolute Gasteiger partial charge is 0.457 e. The zero-order valence-electron chi connectivity index (χ0n) is 16.8. The lowest BCUT2D eigenvalue weighted by Gasteiger charge is -2.18. The normalized spacial score (nSPS) is 11.0. The zero-order valence-corrected chi connectivity index (χ0v) is 16.8. The second-order valence-electron chi connectivity index (χ2n) is 7.80. The molecule has 0 heterocycles. The number of hydrogen-bond acceptors (Lipinski definition) is 4. The van der Waals surface area contributed by atoms with E-state index in [1.165, 1.54) is 0 Å². The smallest absolute Gasteiger partial charge is 0.343 e. The van der Waals surface area contributed by atoms with Gasteiger partial charge < -0.3 is 9.47 Å². The van der Waals surface area contributed by atoms with Crippen molar-refractivity contribution in [1.29, 1.82) is 0 Å². The van der Waals surface area contributed by atoms with Crippen LogP contribution in [0.3, 0.4) is 0 Å². The highest BCUT2D eigenvalue weighted by atomic mass is 16.5. The van der Waals surface area contributed by atoms with Crippen molar-refractivity contribution in [2.24, 2.45) is 0 Å². The van der Waals surface area contributed by atoms with Crippen molar-refractivity contribution in [3.63, 3.8) is 0 Å². The van der Waals surface area contributed by atoms with E-state index >= 15 is 0 Å². The molecule has 0 aliphatic rings. The summed E-state index contributed by atoms with van der Waals surface area (Å²) in [5.41, 5.74) is 2.96. The molecule has 0 aliphatic carbocycles. The minimum absolute atomic E-state index is 0.0212. The summed E-state index contributed by atoms with van der Waals surface area (Å²) < 4.78 is 10.7. The van der Waals surface area contributed by atoms with Gasteiger partial charge in [-0.25, -0.2) is 9.59 Å². The minimum atomic E-state index is -0.440. The standard InChI is InChI=1S/C25H24O4/c1-25(2,3)21-13-9-20(10-14-21)24(27)29-22-15-11-19(12-16-22)23(26)28-17-18-7-5-4-6-8-18/h4-16H,17H2,1-3H3. The summed E-state index contributed by atoms with van der Waals surface area (Å²) in [6.45, 7) is 6.56. The highest BCUT2D eigenvalue weighted by Gasteiger charge is 2.15. The number of esters is 2. The van der Waals surface area contributed by atoms with Gasteiger partial charge in [0.2, 0.25) is 0 Å². The van der Waals surface area contributed by atoms with Crippen LogP contribution in [0.5, 0.6) is 5.75 Å². The molecule has 0 aromatic heterocycles. The van der Waals surface area contributed by atoms with E-state index in [1.807, 2.05) is 42.5 Å². The molecule has 0 spiro atoms. The summed E-state index contributed by atoms with van der Waals surface area (Å²) >= 11 is 0. The van der Waals surface area contributed by atoms with Gasteiger partial charge in [0.25, 0.3) is 0 Å². The maximum atomic E-state index is 12.3. The fraction of sp³-hybridized carbons (Fsp3) is 0.200. The average molecular weight is 388 g/mol. The van der Waals surface area contributed by atoms with E-state index in [9.17, 15) is 9.59 Å². The molecule has 3 aromatic rings. The Bertz CT molecular complexity index is 966. The van der Waals surface area contributed by atoms with Crippen LogP contribution in [-0.4, -0.2) is 11.9 Å². The Labute approximate surface area is 171 Å². The fourth-order valence-electron chi connectivity index (χ4n) is 2.74. The summed E-state index contributed by atoms with van der Waals surface area (Å²) in [7, 11) is 0. The van der Waals surface area contributed by atoms with Gasteiger partial charge in [-0.1, -0.05) is 63.2 Å². The van der Waals surface area contributed by atoms with E-state index < -0.39 is 11.9 Å². The first-order chi connectivity index (χ1) is 13.8. The Kier molecular flexibility index (Phi) is 6.13. The molecule has 3 aromatic carbocycles. The predicted molar refractivity (Wildman–Crippen MR) is 112 cm³/mol. The summed E-state index contributed by atoms with van der Waals surface area (Å²) in [5.74, 6) is -0.496. The van der Waals surface area contributed by atoms with Crippen molar-refractivity contribution >= 4 is 11.9 Å². The maximum absolute atomic E-state index is 12.3. The SMILES string of the molecule is CC(C)(C)c1ccc(C(=O)Oc2ccc(C(=O)OCc3ccccc3)cc2)cc1. The van der Waals surface area contributed by atoms with E-state index in [0.717, 1.165) is 11.1 Å². The molecular formula is C25H24O4. The highest BCUT2D eigenvalue weighted by Crippen LogP contribution is 2.23. The summed E-state index contributed by atoms with van der Waals surface area (Å²) in [5, 5.41) is 0. The fourth-order valence-corrected chi connectivity index (χ4v) is 2.74. The van der Waals surface area contributed by atoms with Gasteiger partial charge in [0.1, 0.15) is 12.4 Å². The van der Waals surface area contributed by atoms with Gasteiger partial charge in [0.15, 0.2) is 0 Å². The molecule has 0 atom stereocenters. The molecule has 0 bridgehead atoms. The predicted octanol–water partition coefficient (Wildman–Crippen LogP) is 5.56. The minimum Gasteiger partial charge on any atom is -0.457 e. The Hall–Kier alpha value is -3.40. The molecule has 4 heteroatoms.